The summed E-state index contributed by atoms with van der Waals surface area (Å²) < 4.78 is 0.937. The van der Waals surface area contributed by atoms with Crippen molar-refractivity contribution in [3.63, 3.8) is 0 Å². The first-order chi connectivity index (χ1) is 9.15. The van der Waals surface area contributed by atoms with Gasteiger partial charge in [0, 0.05) is 21.3 Å². The standard InChI is InChI=1S/C14H13BrClN3/c15-8-5-6-9(11(16)7-8)14-18-12-4-2-1-3-10(12)13(17)19-14/h5-7H,1-4H2,(H2,17,18,19). The van der Waals surface area contributed by atoms with Crippen LogP contribution in [0.1, 0.15) is 24.1 Å². The van der Waals surface area contributed by atoms with E-state index in [9.17, 15) is 0 Å². The normalized spacial score (nSPS) is 14.2. The molecule has 1 aromatic carbocycles. The fourth-order valence-corrected chi connectivity index (χ4v) is 3.17. The van der Waals surface area contributed by atoms with Crippen molar-refractivity contribution in [2.24, 2.45) is 0 Å². The molecule has 1 aliphatic carbocycles. The Bertz CT molecular complexity index is 643. The summed E-state index contributed by atoms with van der Waals surface area (Å²) in [6.07, 6.45) is 4.29. The van der Waals surface area contributed by atoms with Gasteiger partial charge in [0.15, 0.2) is 5.82 Å². The van der Waals surface area contributed by atoms with Crippen molar-refractivity contribution in [1.82, 2.24) is 9.97 Å². The second kappa shape index (κ2) is 5.10. The molecule has 0 amide bonds. The molecular formula is C14H13BrClN3. The maximum Gasteiger partial charge on any atom is 0.163 e. The van der Waals surface area contributed by atoms with E-state index in [1.54, 1.807) is 0 Å². The summed E-state index contributed by atoms with van der Waals surface area (Å²) in [5.74, 6) is 1.22. The summed E-state index contributed by atoms with van der Waals surface area (Å²) in [5, 5.41) is 0.629. The second-order valence-electron chi connectivity index (χ2n) is 4.69. The maximum atomic E-state index is 6.25. The van der Waals surface area contributed by atoms with Crippen LogP contribution in [0.3, 0.4) is 0 Å². The first kappa shape index (κ1) is 12.9. The molecule has 3 rings (SSSR count). The third-order valence-corrected chi connectivity index (χ3v) is 4.19. The molecule has 2 aromatic rings. The van der Waals surface area contributed by atoms with Crippen LogP contribution in [0.25, 0.3) is 11.4 Å². The van der Waals surface area contributed by atoms with Gasteiger partial charge in [0.05, 0.1) is 5.02 Å². The molecule has 0 unspecified atom stereocenters. The average molecular weight is 339 g/mol. The van der Waals surface area contributed by atoms with Crippen molar-refractivity contribution in [2.45, 2.75) is 25.7 Å². The molecule has 19 heavy (non-hydrogen) atoms. The number of benzene rings is 1. The summed E-state index contributed by atoms with van der Waals surface area (Å²) in [6.45, 7) is 0. The van der Waals surface area contributed by atoms with Crippen molar-refractivity contribution in [2.75, 3.05) is 5.73 Å². The summed E-state index contributed by atoms with van der Waals surface area (Å²) in [4.78, 5) is 9.06. The van der Waals surface area contributed by atoms with Gasteiger partial charge in [0.1, 0.15) is 5.82 Å². The molecule has 0 radical (unpaired) electrons. The monoisotopic (exact) mass is 337 g/mol. The van der Waals surface area contributed by atoms with Gasteiger partial charge in [0.2, 0.25) is 0 Å². The van der Waals surface area contributed by atoms with Crippen LogP contribution >= 0.6 is 27.5 Å². The van der Waals surface area contributed by atoms with Crippen LogP contribution in [-0.4, -0.2) is 9.97 Å². The number of nitrogen functional groups attached to an aromatic ring is 1. The molecule has 0 atom stereocenters. The summed E-state index contributed by atoms with van der Waals surface area (Å²) in [6, 6.07) is 5.69. The summed E-state index contributed by atoms with van der Waals surface area (Å²) in [5.41, 5.74) is 9.07. The van der Waals surface area contributed by atoms with Gasteiger partial charge in [0.25, 0.3) is 0 Å². The third-order valence-electron chi connectivity index (χ3n) is 3.39. The van der Waals surface area contributed by atoms with Crippen LogP contribution in [-0.2, 0) is 12.8 Å². The first-order valence-corrected chi connectivity index (χ1v) is 7.43. The first-order valence-electron chi connectivity index (χ1n) is 6.26. The van der Waals surface area contributed by atoms with Gasteiger partial charge in [-0.1, -0.05) is 27.5 Å². The number of rotatable bonds is 1. The zero-order valence-corrected chi connectivity index (χ0v) is 12.6. The molecular weight excluding hydrogens is 326 g/mol. The quantitative estimate of drug-likeness (QED) is 0.854. The number of aromatic nitrogens is 2. The molecule has 98 valence electrons. The molecule has 0 aliphatic heterocycles. The highest BCUT2D eigenvalue weighted by atomic mass is 79.9. The van der Waals surface area contributed by atoms with Gasteiger partial charge in [-0.3, -0.25) is 0 Å². The van der Waals surface area contributed by atoms with Gasteiger partial charge >= 0.3 is 0 Å². The van der Waals surface area contributed by atoms with Crippen molar-refractivity contribution < 1.29 is 0 Å². The van der Waals surface area contributed by atoms with Crippen LogP contribution in [0.15, 0.2) is 22.7 Å². The van der Waals surface area contributed by atoms with Crippen molar-refractivity contribution in [1.29, 1.82) is 0 Å². The predicted molar refractivity (Wildman–Crippen MR) is 81.2 cm³/mol. The minimum Gasteiger partial charge on any atom is -0.383 e. The number of halogens is 2. The Balaban J connectivity index is 2.13. The van der Waals surface area contributed by atoms with E-state index in [0.717, 1.165) is 40.6 Å². The van der Waals surface area contributed by atoms with Crippen LogP contribution in [0.4, 0.5) is 5.82 Å². The van der Waals surface area contributed by atoms with E-state index < -0.39 is 0 Å². The molecule has 3 nitrogen and oxygen atoms in total. The average Bonchev–Trinajstić information content (AvgIpc) is 2.38. The number of anilines is 1. The molecule has 0 bridgehead atoms. The van der Waals surface area contributed by atoms with E-state index in [1.165, 1.54) is 6.42 Å². The van der Waals surface area contributed by atoms with Gasteiger partial charge in [-0.05, 0) is 43.9 Å². The minimum atomic E-state index is 0.596. The minimum absolute atomic E-state index is 0.596. The molecule has 0 saturated carbocycles. The highest BCUT2D eigenvalue weighted by Crippen LogP contribution is 2.31. The zero-order valence-electron chi connectivity index (χ0n) is 10.3. The Morgan fingerprint density at radius 2 is 1.95 bits per heavy atom. The van der Waals surface area contributed by atoms with Crippen LogP contribution in [0.5, 0.6) is 0 Å². The third kappa shape index (κ3) is 2.47. The molecule has 0 fully saturated rings. The Morgan fingerprint density at radius 1 is 1.16 bits per heavy atom. The number of nitrogens with zero attached hydrogens (tertiary/aromatic N) is 2. The summed E-state index contributed by atoms with van der Waals surface area (Å²) >= 11 is 9.64. The van der Waals surface area contributed by atoms with Gasteiger partial charge in [-0.15, -0.1) is 0 Å². The van der Waals surface area contributed by atoms with Gasteiger partial charge < -0.3 is 5.73 Å². The largest absolute Gasteiger partial charge is 0.383 e. The van der Waals surface area contributed by atoms with E-state index in [2.05, 4.69) is 25.9 Å². The molecule has 5 heteroatoms. The lowest BCUT2D eigenvalue weighted by molar-refractivity contribution is 0.666. The fraction of sp³-hybridized carbons (Fsp3) is 0.286. The number of fused-ring (bicyclic) bond motifs is 1. The van der Waals surface area contributed by atoms with Crippen LogP contribution in [0.2, 0.25) is 5.02 Å². The fourth-order valence-electron chi connectivity index (χ4n) is 2.41. The van der Waals surface area contributed by atoms with E-state index in [1.807, 2.05) is 18.2 Å². The van der Waals surface area contributed by atoms with Crippen molar-refractivity contribution in [3.8, 4) is 11.4 Å². The zero-order chi connectivity index (χ0) is 13.4. The predicted octanol–water partition coefficient (Wildman–Crippen LogP) is 4.02. The highest BCUT2D eigenvalue weighted by Gasteiger charge is 2.17. The Morgan fingerprint density at radius 3 is 2.74 bits per heavy atom. The van der Waals surface area contributed by atoms with Crippen molar-refractivity contribution in [3.05, 3.63) is 39.0 Å². The van der Waals surface area contributed by atoms with E-state index in [-0.39, 0.29) is 0 Å². The molecule has 1 aromatic heterocycles. The lowest BCUT2D eigenvalue weighted by atomic mass is 9.96. The van der Waals surface area contributed by atoms with Crippen LogP contribution < -0.4 is 5.73 Å². The molecule has 1 aliphatic rings. The van der Waals surface area contributed by atoms with Crippen molar-refractivity contribution >= 4 is 33.3 Å². The SMILES string of the molecule is Nc1nc(-c2ccc(Br)cc2Cl)nc2c1CCCC2. The lowest BCUT2D eigenvalue weighted by Gasteiger charge is -2.17. The molecule has 0 spiro atoms. The van der Waals surface area contributed by atoms with Gasteiger partial charge in [-0.2, -0.15) is 0 Å². The highest BCUT2D eigenvalue weighted by molar-refractivity contribution is 9.10. The van der Waals surface area contributed by atoms with Crippen LogP contribution in [0, 0.1) is 0 Å². The molecule has 0 saturated heterocycles. The van der Waals surface area contributed by atoms with E-state index in [0.29, 0.717) is 16.7 Å². The lowest BCUT2D eigenvalue weighted by Crippen LogP contribution is -2.11. The summed E-state index contributed by atoms with van der Waals surface area (Å²) in [7, 11) is 0. The topological polar surface area (TPSA) is 51.8 Å². The number of hydrogen-bond donors (Lipinski definition) is 1. The molecule has 2 N–H and O–H groups in total. The number of hydrogen-bond acceptors (Lipinski definition) is 3. The van der Waals surface area contributed by atoms with E-state index in [4.69, 9.17) is 17.3 Å². The van der Waals surface area contributed by atoms with E-state index >= 15 is 0 Å². The number of aryl methyl sites for hydroxylation is 1. The maximum absolute atomic E-state index is 6.25. The number of nitrogens with two attached hydrogens (primary N) is 1. The Hall–Kier alpha value is -1.13. The molecule has 1 heterocycles. The second-order valence-corrected chi connectivity index (χ2v) is 6.01. The Kier molecular flexibility index (Phi) is 3.46. The Labute approximate surface area is 125 Å². The van der Waals surface area contributed by atoms with Gasteiger partial charge in [-0.25, -0.2) is 9.97 Å². The smallest absolute Gasteiger partial charge is 0.163 e.